The molecule has 0 fully saturated rings. The van der Waals surface area contributed by atoms with Crippen LogP contribution >= 0.6 is 0 Å². The first-order valence-corrected chi connectivity index (χ1v) is 7.57. The fourth-order valence-electron chi connectivity index (χ4n) is 1.46. The van der Waals surface area contributed by atoms with Crippen LogP contribution in [0.25, 0.3) is 0 Å². The molecule has 0 heterocycles. The van der Waals surface area contributed by atoms with E-state index in [-0.39, 0.29) is 24.0 Å². The zero-order valence-corrected chi connectivity index (χ0v) is 11.4. The highest BCUT2D eigenvalue weighted by Gasteiger charge is 2.11. The Bertz CT molecular complexity index is 512. The fourth-order valence-corrected chi connectivity index (χ4v) is 2.16. The normalized spacial score (nSPS) is 11.0. The molecular formula is C12H18N2O3S. The fraction of sp³-hybridized carbons (Fsp3) is 0.417. The summed E-state index contributed by atoms with van der Waals surface area (Å²) in [5.41, 5.74) is 1.22. The Hall–Kier alpha value is -1.56. The zero-order chi connectivity index (χ0) is 13.6. The number of carbonyl (C=O) groups excluding carboxylic acids is 1. The third-order valence-electron chi connectivity index (χ3n) is 2.58. The number of rotatable bonds is 6. The van der Waals surface area contributed by atoms with Crippen molar-refractivity contribution in [3.8, 4) is 0 Å². The number of amides is 1. The van der Waals surface area contributed by atoms with Gasteiger partial charge in [0.25, 0.3) is 5.91 Å². The summed E-state index contributed by atoms with van der Waals surface area (Å²) in [6.07, 6.45) is 0. The Morgan fingerprint density at radius 2 is 1.94 bits per heavy atom. The molecule has 0 saturated heterocycles. The maximum atomic E-state index is 11.9. The Balaban J connectivity index is 2.61. The van der Waals surface area contributed by atoms with Crippen LogP contribution in [-0.4, -0.2) is 39.4 Å². The Morgan fingerprint density at radius 3 is 2.56 bits per heavy atom. The van der Waals surface area contributed by atoms with Crippen molar-refractivity contribution in [2.24, 2.45) is 0 Å². The first-order chi connectivity index (χ1) is 8.50. The lowest BCUT2D eigenvalue weighted by atomic mass is 10.1. The summed E-state index contributed by atoms with van der Waals surface area (Å²) in [7, 11) is -1.31. The van der Waals surface area contributed by atoms with E-state index in [0.717, 1.165) is 0 Å². The number of anilines is 1. The summed E-state index contributed by atoms with van der Waals surface area (Å²) in [6, 6.07) is 7.07. The minimum Gasteiger partial charge on any atom is -0.387 e. The van der Waals surface area contributed by atoms with Gasteiger partial charge in [0.2, 0.25) is 0 Å². The van der Waals surface area contributed by atoms with E-state index in [0.29, 0.717) is 11.3 Å². The molecule has 0 aromatic heterocycles. The van der Waals surface area contributed by atoms with Crippen molar-refractivity contribution in [1.82, 2.24) is 5.32 Å². The van der Waals surface area contributed by atoms with E-state index in [9.17, 15) is 13.2 Å². The van der Waals surface area contributed by atoms with Gasteiger partial charge >= 0.3 is 0 Å². The van der Waals surface area contributed by atoms with Crippen molar-refractivity contribution in [1.29, 1.82) is 0 Å². The molecule has 18 heavy (non-hydrogen) atoms. The number of nitrogens with one attached hydrogen (secondary N) is 2. The van der Waals surface area contributed by atoms with Crippen molar-refractivity contribution in [3.05, 3.63) is 29.8 Å². The maximum absolute atomic E-state index is 11.9. The molecule has 0 aliphatic rings. The zero-order valence-electron chi connectivity index (χ0n) is 10.6. The molecule has 1 aromatic carbocycles. The summed E-state index contributed by atoms with van der Waals surface area (Å²) in [5, 5.41) is 5.52. The van der Waals surface area contributed by atoms with E-state index in [1.807, 2.05) is 6.07 Å². The molecule has 1 amide bonds. The van der Waals surface area contributed by atoms with E-state index in [4.69, 9.17) is 0 Å². The minimum atomic E-state index is -3.04. The van der Waals surface area contributed by atoms with Crippen LogP contribution < -0.4 is 10.6 Å². The van der Waals surface area contributed by atoms with Crippen molar-refractivity contribution >= 4 is 21.4 Å². The third kappa shape index (κ3) is 4.03. The monoisotopic (exact) mass is 270 g/mol. The van der Waals surface area contributed by atoms with E-state index < -0.39 is 9.84 Å². The van der Waals surface area contributed by atoms with Crippen molar-refractivity contribution in [2.45, 2.75) is 6.92 Å². The molecular weight excluding hydrogens is 252 g/mol. The average Bonchev–Trinajstić information content (AvgIpc) is 2.38. The molecule has 0 atom stereocenters. The second kappa shape index (κ2) is 6.39. The van der Waals surface area contributed by atoms with Crippen LogP contribution in [0.5, 0.6) is 0 Å². The SMILES string of the molecule is CCS(=O)(=O)CCNC(=O)c1ccccc1NC. The minimum absolute atomic E-state index is 0.0308. The van der Waals surface area contributed by atoms with Gasteiger partial charge in [-0.3, -0.25) is 4.79 Å². The molecule has 6 heteroatoms. The number of para-hydroxylation sites is 1. The second-order valence-corrected chi connectivity index (χ2v) is 6.26. The maximum Gasteiger partial charge on any atom is 0.253 e. The van der Waals surface area contributed by atoms with Gasteiger partial charge in [-0.05, 0) is 12.1 Å². The number of benzene rings is 1. The Morgan fingerprint density at radius 1 is 1.28 bits per heavy atom. The smallest absolute Gasteiger partial charge is 0.253 e. The van der Waals surface area contributed by atoms with Crippen molar-refractivity contribution in [2.75, 3.05) is 30.4 Å². The van der Waals surface area contributed by atoms with Gasteiger partial charge in [-0.2, -0.15) is 0 Å². The first kappa shape index (κ1) is 14.5. The van der Waals surface area contributed by atoms with E-state index >= 15 is 0 Å². The van der Waals surface area contributed by atoms with E-state index in [2.05, 4.69) is 10.6 Å². The summed E-state index contributed by atoms with van der Waals surface area (Å²) in [5.74, 6) is -0.210. The predicted molar refractivity (Wildman–Crippen MR) is 72.6 cm³/mol. The van der Waals surface area contributed by atoms with Crippen molar-refractivity contribution < 1.29 is 13.2 Å². The molecule has 0 radical (unpaired) electrons. The topological polar surface area (TPSA) is 75.3 Å². The predicted octanol–water partition coefficient (Wildman–Crippen LogP) is 0.893. The Labute approximate surface area is 108 Å². The molecule has 0 aliphatic heterocycles. The number of hydrogen-bond donors (Lipinski definition) is 2. The van der Waals surface area contributed by atoms with Gasteiger partial charge in [0, 0.05) is 25.0 Å². The van der Waals surface area contributed by atoms with Gasteiger partial charge in [0.05, 0.1) is 11.3 Å². The van der Waals surface area contributed by atoms with Crippen LogP contribution in [0.2, 0.25) is 0 Å². The van der Waals surface area contributed by atoms with Gasteiger partial charge < -0.3 is 10.6 Å². The highest BCUT2D eigenvalue weighted by molar-refractivity contribution is 7.91. The largest absolute Gasteiger partial charge is 0.387 e. The number of sulfone groups is 1. The molecule has 0 saturated carbocycles. The van der Waals surface area contributed by atoms with Crippen LogP contribution in [0.15, 0.2) is 24.3 Å². The van der Waals surface area contributed by atoms with Crippen molar-refractivity contribution in [3.63, 3.8) is 0 Å². The van der Waals surface area contributed by atoms with Gasteiger partial charge in [-0.15, -0.1) is 0 Å². The third-order valence-corrected chi connectivity index (χ3v) is 4.29. The summed E-state index contributed by atoms with van der Waals surface area (Å²) >= 11 is 0. The van der Waals surface area contributed by atoms with Crippen LogP contribution in [0.1, 0.15) is 17.3 Å². The summed E-state index contributed by atoms with van der Waals surface area (Å²) in [6.45, 7) is 1.72. The lowest BCUT2D eigenvalue weighted by Gasteiger charge is -2.09. The molecule has 0 bridgehead atoms. The molecule has 2 N–H and O–H groups in total. The van der Waals surface area contributed by atoms with E-state index in [1.54, 1.807) is 32.2 Å². The molecule has 1 rings (SSSR count). The molecule has 100 valence electrons. The Kier molecular flexibility index (Phi) is 5.15. The number of hydrogen-bond acceptors (Lipinski definition) is 4. The lowest BCUT2D eigenvalue weighted by molar-refractivity contribution is 0.0957. The highest BCUT2D eigenvalue weighted by atomic mass is 32.2. The van der Waals surface area contributed by atoms with Crippen LogP contribution in [0, 0.1) is 0 Å². The quantitative estimate of drug-likeness (QED) is 0.805. The second-order valence-electron chi connectivity index (χ2n) is 3.79. The van der Waals surface area contributed by atoms with Crippen LogP contribution in [0.4, 0.5) is 5.69 Å². The molecule has 0 unspecified atom stereocenters. The van der Waals surface area contributed by atoms with Crippen LogP contribution in [-0.2, 0) is 9.84 Å². The summed E-state index contributed by atoms with van der Waals surface area (Å²) in [4.78, 5) is 11.9. The van der Waals surface area contributed by atoms with Gasteiger partial charge in [-0.25, -0.2) is 8.42 Å². The van der Waals surface area contributed by atoms with Gasteiger partial charge in [0.1, 0.15) is 0 Å². The highest BCUT2D eigenvalue weighted by Crippen LogP contribution is 2.13. The van der Waals surface area contributed by atoms with Gasteiger partial charge in [0.15, 0.2) is 9.84 Å². The first-order valence-electron chi connectivity index (χ1n) is 5.75. The molecule has 0 aliphatic carbocycles. The average molecular weight is 270 g/mol. The summed E-state index contributed by atoms with van der Waals surface area (Å²) < 4.78 is 22.6. The molecule has 5 nitrogen and oxygen atoms in total. The number of carbonyl (C=O) groups is 1. The molecule has 1 aromatic rings. The molecule has 0 spiro atoms. The lowest BCUT2D eigenvalue weighted by Crippen LogP contribution is -2.30. The van der Waals surface area contributed by atoms with Crippen LogP contribution in [0.3, 0.4) is 0 Å². The van der Waals surface area contributed by atoms with Gasteiger partial charge in [-0.1, -0.05) is 19.1 Å². The van der Waals surface area contributed by atoms with E-state index in [1.165, 1.54) is 0 Å². The standard InChI is InChI=1S/C12H18N2O3S/c1-3-18(16,17)9-8-14-12(15)10-6-4-5-7-11(10)13-2/h4-7,13H,3,8-9H2,1-2H3,(H,14,15).